The zero-order chi connectivity index (χ0) is 23.0. The Kier molecular flexibility index (Phi) is 8.53. The molecule has 0 bridgehead atoms. The van der Waals surface area contributed by atoms with Crippen molar-refractivity contribution in [3.8, 4) is 0 Å². The molecule has 3 rings (SSSR count). The molecule has 6 nitrogen and oxygen atoms in total. The number of aliphatic hydroxyl groups excluding tert-OH is 1. The smallest absolute Gasteiger partial charge is 0.209 e. The third-order valence-electron chi connectivity index (χ3n) is 5.54. The number of nitrogens with zero attached hydrogens (tertiary/aromatic N) is 1. The van der Waals surface area contributed by atoms with Crippen LogP contribution < -0.4 is 5.14 Å². The first kappa shape index (κ1) is 24.1. The van der Waals surface area contributed by atoms with Gasteiger partial charge in [-0.25, -0.2) is 13.6 Å². The number of allylic oxidation sites excluding steroid dienone is 1. The number of carbonyl (C=O) groups excluding carboxylic acids is 1. The van der Waals surface area contributed by atoms with E-state index in [1.165, 1.54) is 22.8 Å². The number of sulfonamides is 1. The molecular weight excluding hydrogens is 424 g/mol. The van der Waals surface area contributed by atoms with Crippen molar-refractivity contribution in [1.29, 1.82) is 0 Å². The summed E-state index contributed by atoms with van der Waals surface area (Å²) in [6.45, 7) is 1.65. The summed E-state index contributed by atoms with van der Waals surface area (Å²) in [6.07, 6.45) is 7.67. The third-order valence-corrected chi connectivity index (χ3v) is 6.39. The number of nitrogens with two attached hydrogens (primary N) is 1. The number of aliphatic hydroxyl groups is 1. The van der Waals surface area contributed by atoms with Gasteiger partial charge in [-0.3, -0.25) is 9.69 Å². The molecule has 0 amide bonds. The van der Waals surface area contributed by atoms with E-state index >= 15 is 0 Å². The molecule has 0 heterocycles. The van der Waals surface area contributed by atoms with Gasteiger partial charge in [0.25, 0.3) is 0 Å². The van der Waals surface area contributed by atoms with Crippen molar-refractivity contribution in [1.82, 2.24) is 4.90 Å². The minimum Gasteiger partial charge on any atom is -0.388 e. The summed E-state index contributed by atoms with van der Waals surface area (Å²) in [5, 5.41) is 14.0. The van der Waals surface area contributed by atoms with Crippen molar-refractivity contribution in [3.63, 3.8) is 0 Å². The lowest BCUT2D eigenvalue weighted by molar-refractivity contribution is -0.117. The molecule has 2 aromatic carbocycles. The number of hydrogen-bond donors (Lipinski definition) is 2. The summed E-state index contributed by atoms with van der Waals surface area (Å²) >= 11 is 0. The molecule has 0 unspecified atom stereocenters. The number of carbonyl (C=O) groups is 1. The molecule has 7 heteroatoms. The van der Waals surface area contributed by atoms with Crippen molar-refractivity contribution in [3.05, 3.63) is 82.9 Å². The highest BCUT2D eigenvalue weighted by Gasteiger charge is 2.15. The molecule has 2 aromatic rings. The van der Waals surface area contributed by atoms with Crippen LogP contribution in [0.2, 0.25) is 0 Å². The summed E-state index contributed by atoms with van der Waals surface area (Å²) in [7, 11) is -3.48. The second-order valence-corrected chi connectivity index (χ2v) is 9.77. The fraction of sp³-hybridized carbons (Fsp3) is 0.320. The van der Waals surface area contributed by atoms with E-state index in [1.54, 1.807) is 6.08 Å². The summed E-state index contributed by atoms with van der Waals surface area (Å²) < 4.78 is 22.7. The Morgan fingerprint density at radius 1 is 1.09 bits per heavy atom. The van der Waals surface area contributed by atoms with Crippen molar-refractivity contribution < 1.29 is 18.3 Å². The van der Waals surface area contributed by atoms with Crippen LogP contribution in [0.15, 0.2) is 60.7 Å². The van der Waals surface area contributed by atoms with E-state index in [1.807, 2.05) is 24.3 Å². The molecule has 3 N–H and O–H groups in total. The lowest BCUT2D eigenvalue weighted by Gasteiger charge is -2.23. The Bertz CT molecular complexity index is 1090. The maximum absolute atomic E-state index is 11.3. The normalized spacial score (nSPS) is 13.5. The van der Waals surface area contributed by atoms with E-state index in [0.717, 1.165) is 30.5 Å². The molecule has 0 radical (unpaired) electrons. The van der Waals surface area contributed by atoms with Crippen molar-refractivity contribution >= 4 is 27.5 Å². The highest BCUT2D eigenvalue weighted by Crippen LogP contribution is 2.29. The Hall–Kier alpha value is -2.58. The zero-order valence-corrected chi connectivity index (χ0v) is 18.9. The highest BCUT2D eigenvalue weighted by atomic mass is 32.2. The first-order valence-corrected chi connectivity index (χ1v) is 12.5. The van der Waals surface area contributed by atoms with Crippen molar-refractivity contribution in [2.45, 2.75) is 25.8 Å². The molecule has 0 saturated carbocycles. The van der Waals surface area contributed by atoms with Crippen LogP contribution in [-0.2, 0) is 27.8 Å². The van der Waals surface area contributed by atoms with Gasteiger partial charge in [-0.1, -0.05) is 60.7 Å². The standard InChI is InChI=1S/C25H30N2O4S/c26-32(30,31)17-3-15-27(16-14-23-12-11-22-4-1-2-5-25(22)23)18-21-8-6-20(7-9-21)10-13-24(29)19-28/h1-2,4-10,12-13,28H,3,11,14-19H2,(H2,26,30,31)/b13-10+. The Morgan fingerprint density at radius 3 is 2.56 bits per heavy atom. The van der Waals surface area contributed by atoms with Crippen LogP contribution in [-0.4, -0.2) is 49.7 Å². The predicted octanol–water partition coefficient (Wildman–Crippen LogP) is 2.77. The molecule has 0 atom stereocenters. The van der Waals surface area contributed by atoms with Gasteiger partial charge in [0.2, 0.25) is 10.0 Å². The van der Waals surface area contributed by atoms with Gasteiger partial charge >= 0.3 is 0 Å². The predicted molar refractivity (Wildman–Crippen MR) is 128 cm³/mol. The number of benzene rings is 2. The summed E-state index contributed by atoms with van der Waals surface area (Å²) in [6, 6.07) is 16.3. The van der Waals surface area contributed by atoms with Crippen molar-refractivity contribution in [2.24, 2.45) is 5.14 Å². The fourth-order valence-electron chi connectivity index (χ4n) is 3.86. The molecule has 0 aliphatic heterocycles. The van der Waals surface area contributed by atoms with Crippen molar-refractivity contribution in [2.75, 3.05) is 25.4 Å². The summed E-state index contributed by atoms with van der Waals surface area (Å²) in [5.74, 6) is -0.365. The Morgan fingerprint density at radius 2 is 1.84 bits per heavy atom. The molecular formula is C25H30N2O4S. The van der Waals surface area contributed by atoms with E-state index < -0.39 is 16.6 Å². The highest BCUT2D eigenvalue weighted by molar-refractivity contribution is 7.89. The maximum atomic E-state index is 11.3. The quantitative estimate of drug-likeness (QED) is 0.480. The average molecular weight is 455 g/mol. The number of fused-ring (bicyclic) bond motifs is 1. The van der Waals surface area contributed by atoms with Crippen LogP contribution in [0.3, 0.4) is 0 Å². The van der Waals surface area contributed by atoms with Crippen LogP contribution in [0.4, 0.5) is 0 Å². The number of hydrogen-bond acceptors (Lipinski definition) is 5. The minimum absolute atomic E-state index is 0.0301. The number of ketones is 1. The van der Waals surface area contributed by atoms with Gasteiger partial charge in [-0.15, -0.1) is 0 Å². The first-order chi connectivity index (χ1) is 15.3. The first-order valence-electron chi connectivity index (χ1n) is 10.7. The van der Waals surface area contributed by atoms with E-state index in [0.29, 0.717) is 19.5 Å². The van der Waals surface area contributed by atoms with Crippen LogP contribution in [0.25, 0.3) is 11.6 Å². The van der Waals surface area contributed by atoms with Crippen LogP contribution in [0.1, 0.15) is 35.1 Å². The van der Waals surface area contributed by atoms with Gasteiger partial charge in [0.1, 0.15) is 6.61 Å². The molecule has 0 aromatic heterocycles. The topological polar surface area (TPSA) is 101 Å². The second-order valence-electron chi connectivity index (χ2n) is 8.04. The lowest BCUT2D eigenvalue weighted by Crippen LogP contribution is -2.28. The summed E-state index contributed by atoms with van der Waals surface area (Å²) in [5.41, 5.74) is 5.99. The van der Waals surface area contributed by atoms with Gasteiger partial charge < -0.3 is 5.11 Å². The molecule has 0 fully saturated rings. The van der Waals surface area contributed by atoms with E-state index in [2.05, 4.69) is 35.2 Å². The lowest BCUT2D eigenvalue weighted by atomic mass is 10.0. The van der Waals surface area contributed by atoms with Crippen LogP contribution in [0, 0.1) is 0 Å². The Balaban J connectivity index is 1.63. The molecule has 1 aliphatic carbocycles. The summed E-state index contributed by atoms with van der Waals surface area (Å²) in [4.78, 5) is 13.5. The monoisotopic (exact) mass is 454 g/mol. The SMILES string of the molecule is NS(=O)(=O)CCCN(CCC1=CCc2ccccc21)Cc1ccc(/C=C/C(=O)CO)cc1. The fourth-order valence-corrected chi connectivity index (χ4v) is 4.39. The van der Waals surface area contributed by atoms with Gasteiger partial charge in [0.05, 0.1) is 5.75 Å². The average Bonchev–Trinajstić information content (AvgIpc) is 3.19. The molecule has 0 saturated heterocycles. The molecule has 170 valence electrons. The second kappa shape index (κ2) is 11.3. The number of rotatable bonds is 12. The number of primary sulfonamides is 1. The van der Waals surface area contributed by atoms with E-state index in [4.69, 9.17) is 10.2 Å². The molecule has 1 aliphatic rings. The third kappa shape index (κ3) is 7.53. The van der Waals surface area contributed by atoms with Crippen LogP contribution >= 0.6 is 0 Å². The van der Waals surface area contributed by atoms with E-state index in [-0.39, 0.29) is 11.5 Å². The maximum Gasteiger partial charge on any atom is 0.209 e. The molecule has 0 spiro atoms. The van der Waals surface area contributed by atoms with Gasteiger partial charge in [-0.2, -0.15) is 0 Å². The largest absolute Gasteiger partial charge is 0.388 e. The van der Waals surface area contributed by atoms with Gasteiger partial charge in [-0.05, 0) is 59.7 Å². The van der Waals surface area contributed by atoms with Gasteiger partial charge in [0, 0.05) is 13.1 Å². The molecule has 32 heavy (non-hydrogen) atoms. The Labute approximate surface area is 190 Å². The zero-order valence-electron chi connectivity index (χ0n) is 18.1. The van der Waals surface area contributed by atoms with Gasteiger partial charge in [0.15, 0.2) is 5.78 Å². The minimum atomic E-state index is -3.48. The van der Waals surface area contributed by atoms with Crippen LogP contribution in [0.5, 0.6) is 0 Å². The van der Waals surface area contributed by atoms with E-state index in [9.17, 15) is 13.2 Å².